The van der Waals surface area contributed by atoms with E-state index in [0.717, 1.165) is 37.9 Å². The Morgan fingerprint density at radius 1 is 1.14 bits per heavy atom. The van der Waals surface area contributed by atoms with Crippen LogP contribution in [-0.2, 0) is 10.5 Å². The Kier molecular flexibility index (Phi) is 8.47. The normalized spacial score (nSPS) is 14.1. The van der Waals surface area contributed by atoms with Crippen molar-refractivity contribution >= 4 is 40.6 Å². The number of hydrogen-bond donors (Lipinski definition) is 1. The number of hydrogen-bond acceptors (Lipinski definition) is 8. The zero-order valence-electron chi connectivity index (χ0n) is 19.8. The van der Waals surface area contributed by atoms with Crippen LogP contribution >= 0.6 is 34.7 Å². The third-order valence-corrected chi connectivity index (χ3v) is 8.07. The second-order valence-electron chi connectivity index (χ2n) is 8.20. The van der Waals surface area contributed by atoms with Crippen molar-refractivity contribution in [2.45, 2.75) is 10.9 Å². The summed E-state index contributed by atoms with van der Waals surface area (Å²) in [5, 5.41) is 15.1. The molecular formula is C25H24ClFN6O2S2. The predicted molar refractivity (Wildman–Crippen MR) is 143 cm³/mol. The molecule has 12 heteroatoms. The van der Waals surface area contributed by atoms with Crippen LogP contribution in [0.4, 0.5) is 4.39 Å². The Morgan fingerprint density at radius 3 is 2.73 bits per heavy atom. The number of carbonyl (C=O) groups excluding carboxylic acids is 1. The monoisotopic (exact) mass is 558 g/mol. The topological polar surface area (TPSA) is 85.2 Å². The highest BCUT2D eigenvalue weighted by Crippen LogP contribution is 2.34. The first kappa shape index (κ1) is 25.8. The van der Waals surface area contributed by atoms with Crippen molar-refractivity contribution in [2.24, 2.45) is 0 Å². The average Bonchev–Trinajstić information content (AvgIpc) is 3.56. The lowest BCUT2D eigenvalue weighted by atomic mass is 10.2. The van der Waals surface area contributed by atoms with Gasteiger partial charge in [-0.25, -0.2) is 9.37 Å². The van der Waals surface area contributed by atoms with Gasteiger partial charge in [-0.3, -0.25) is 14.3 Å². The van der Waals surface area contributed by atoms with Crippen LogP contribution in [0.3, 0.4) is 0 Å². The zero-order chi connectivity index (χ0) is 25.6. The lowest BCUT2D eigenvalue weighted by molar-refractivity contribution is 0.0383. The highest BCUT2D eigenvalue weighted by molar-refractivity contribution is 7.98. The molecule has 1 amide bonds. The van der Waals surface area contributed by atoms with Gasteiger partial charge in [-0.1, -0.05) is 47.6 Å². The van der Waals surface area contributed by atoms with Crippen molar-refractivity contribution in [3.05, 3.63) is 75.5 Å². The molecule has 0 atom stereocenters. The van der Waals surface area contributed by atoms with Crippen LogP contribution in [-0.4, -0.2) is 69.9 Å². The molecule has 0 radical (unpaired) electrons. The van der Waals surface area contributed by atoms with Gasteiger partial charge in [0.25, 0.3) is 5.91 Å². The van der Waals surface area contributed by atoms with Crippen LogP contribution < -0.4 is 5.32 Å². The highest BCUT2D eigenvalue weighted by atomic mass is 35.5. The molecule has 5 rings (SSSR count). The molecule has 3 heterocycles. The minimum atomic E-state index is -0.400. The molecular weight excluding hydrogens is 535 g/mol. The number of nitrogens with one attached hydrogen (secondary N) is 1. The number of thioether (sulfide) groups is 1. The van der Waals surface area contributed by atoms with E-state index in [-0.39, 0.29) is 5.91 Å². The standard InChI is InChI=1S/C25H24ClFN6O2S2/c26-18-6-2-1-5-17(18)23-30-31-25(33(23)21-8-4-3-7-19(21)27)37-16-22-29-20(15-36-22)24(34)28-9-10-32-11-13-35-14-12-32/h1-8,15H,9-14,16H2,(H,28,34). The maximum absolute atomic E-state index is 14.8. The minimum absolute atomic E-state index is 0.198. The first-order valence-electron chi connectivity index (χ1n) is 11.7. The molecule has 2 aromatic heterocycles. The predicted octanol–water partition coefficient (Wildman–Crippen LogP) is 4.54. The Labute approximate surface area is 226 Å². The number of para-hydroxylation sites is 1. The molecule has 2 aromatic carbocycles. The van der Waals surface area contributed by atoms with Crippen LogP contribution in [0.1, 0.15) is 15.5 Å². The number of amides is 1. The summed E-state index contributed by atoms with van der Waals surface area (Å²) in [6.45, 7) is 4.54. The molecule has 0 unspecified atom stereocenters. The van der Waals surface area contributed by atoms with Crippen LogP contribution in [0.15, 0.2) is 59.1 Å². The Bertz CT molecular complexity index is 1370. The fraction of sp³-hybridized carbons (Fsp3) is 0.280. The molecule has 8 nitrogen and oxygen atoms in total. The van der Waals surface area contributed by atoms with Crippen molar-refractivity contribution < 1.29 is 13.9 Å². The number of nitrogens with zero attached hydrogens (tertiary/aromatic N) is 5. The summed E-state index contributed by atoms with van der Waals surface area (Å²) in [4.78, 5) is 19.3. The molecule has 0 aliphatic carbocycles. The van der Waals surface area contributed by atoms with Crippen LogP contribution in [0, 0.1) is 5.82 Å². The average molecular weight is 559 g/mol. The number of rotatable bonds is 9. The molecule has 0 bridgehead atoms. The Hall–Kier alpha value is -2.83. The van der Waals surface area contributed by atoms with Gasteiger partial charge in [-0.05, 0) is 24.3 Å². The number of morpholine rings is 1. The Morgan fingerprint density at radius 2 is 1.92 bits per heavy atom. The number of benzene rings is 2. The third-order valence-electron chi connectivity index (χ3n) is 5.77. The largest absolute Gasteiger partial charge is 0.379 e. The van der Waals surface area contributed by atoms with Gasteiger partial charge < -0.3 is 10.1 Å². The fourth-order valence-electron chi connectivity index (χ4n) is 3.88. The number of ether oxygens (including phenoxy) is 1. The molecule has 1 N–H and O–H groups in total. The van der Waals surface area contributed by atoms with Gasteiger partial charge in [-0.2, -0.15) is 0 Å². The lowest BCUT2D eigenvalue weighted by Gasteiger charge is -2.26. The summed E-state index contributed by atoms with van der Waals surface area (Å²) in [7, 11) is 0. The van der Waals surface area contributed by atoms with E-state index in [0.29, 0.717) is 45.2 Å². The van der Waals surface area contributed by atoms with Gasteiger partial charge in [-0.15, -0.1) is 21.5 Å². The molecule has 37 heavy (non-hydrogen) atoms. The van der Waals surface area contributed by atoms with Gasteiger partial charge in [0.15, 0.2) is 11.0 Å². The van der Waals surface area contributed by atoms with E-state index in [1.165, 1.54) is 29.2 Å². The molecule has 1 aliphatic rings. The summed E-state index contributed by atoms with van der Waals surface area (Å²) in [6.07, 6.45) is 0. The van der Waals surface area contributed by atoms with E-state index < -0.39 is 5.82 Å². The SMILES string of the molecule is O=C(NCCN1CCOCC1)c1csc(CSc2nnc(-c3ccccc3Cl)n2-c2ccccc2F)n1. The number of aromatic nitrogens is 4. The van der Waals surface area contributed by atoms with E-state index >= 15 is 0 Å². The van der Waals surface area contributed by atoms with E-state index in [1.807, 2.05) is 18.2 Å². The van der Waals surface area contributed by atoms with Crippen molar-refractivity contribution in [3.63, 3.8) is 0 Å². The van der Waals surface area contributed by atoms with Gasteiger partial charge in [0.2, 0.25) is 0 Å². The molecule has 4 aromatic rings. The molecule has 1 aliphatic heterocycles. The van der Waals surface area contributed by atoms with Crippen molar-refractivity contribution in [2.75, 3.05) is 39.4 Å². The van der Waals surface area contributed by atoms with Gasteiger partial charge in [0.05, 0.1) is 29.7 Å². The lowest BCUT2D eigenvalue weighted by Crippen LogP contribution is -2.41. The number of thiazole rings is 1. The molecule has 1 saturated heterocycles. The first-order valence-corrected chi connectivity index (χ1v) is 13.9. The highest BCUT2D eigenvalue weighted by Gasteiger charge is 2.21. The maximum atomic E-state index is 14.8. The van der Waals surface area contributed by atoms with Gasteiger partial charge in [0.1, 0.15) is 16.5 Å². The van der Waals surface area contributed by atoms with Crippen molar-refractivity contribution in [1.82, 2.24) is 30.0 Å². The summed E-state index contributed by atoms with van der Waals surface area (Å²) in [6, 6.07) is 13.7. The van der Waals surface area contributed by atoms with Gasteiger partial charge >= 0.3 is 0 Å². The fourth-order valence-corrected chi connectivity index (χ4v) is 5.84. The summed E-state index contributed by atoms with van der Waals surface area (Å²) >= 11 is 9.18. The van der Waals surface area contributed by atoms with E-state index in [9.17, 15) is 9.18 Å². The maximum Gasteiger partial charge on any atom is 0.270 e. The molecule has 0 saturated carbocycles. The van der Waals surface area contributed by atoms with E-state index in [2.05, 4.69) is 25.4 Å². The van der Waals surface area contributed by atoms with E-state index in [4.69, 9.17) is 16.3 Å². The second kappa shape index (κ2) is 12.1. The van der Waals surface area contributed by atoms with Gasteiger partial charge in [0, 0.05) is 37.1 Å². The van der Waals surface area contributed by atoms with Crippen molar-refractivity contribution in [3.8, 4) is 17.1 Å². The van der Waals surface area contributed by atoms with E-state index in [1.54, 1.807) is 34.2 Å². The van der Waals surface area contributed by atoms with Crippen LogP contribution in [0.5, 0.6) is 0 Å². The summed E-state index contributed by atoms with van der Waals surface area (Å²) in [5.74, 6) is 0.289. The van der Waals surface area contributed by atoms with Crippen LogP contribution in [0.25, 0.3) is 17.1 Å². The zero-order valence-corrected chi connectivity index (χ0v) is 22.2. The number of halogens is 2. The molecule has 192 valence electrons. The molecule has 0 spiro atoms. The molecule has 1 fully saturated rings. The Balaban J connectivity index is 1.29. The third kappa shape index (κ3) is 6.19. The summed E-state index contributed by atoms with van der Waals surface area (Å²) < 4.78 is 21.8. The quantitative estimate of drug-likeness (QED) is 0.302. The second-order valence-corrected chi connectivity index (χ2v) is 10.5. The summed E-state index contributed by atoms with van der Waals surface area (Å²) in [5.41, 5.74) is 1.36. The first-order chi connectivity index (χ1) is 18.1. The van der Waals surface area contributed by atoms with Crippen molar-refractivity contribution in [1.29, 1.82) is 0 Å². The van der Waals surface area contributed by atoms with Crippen LogP contribution in [0.2, 0.25) is 5.02 Å². The number of carbonyl (C=O) groups is 1. The smallest absolute Gasteiger partial charge is 0.270 e. The minimum Gasteiger partial charge on any atom is -0.379 e.